The Kier molecular flexibility index (Phi) is 3.58. The topological polar surface area (TPSA) is 63.4 Å². The van der Waals surface area contributed by atoms with E-state index in [1.165, 1.54) is 4.31 Å². The number of benzene rings is 1. The van der Waals surface area contributed by atoms with Crippen molar-refractivity contribution in [1.82, 2.24) is 4.31 Å². The Balaban J connectivity index is 2.42. The summed E-state index contributed by atoms with van der Waals surface area (Å²) < 4.78 is 27.1. The zero-order valence-electron chi connectivity index (χ0n) is 9.56. The fraction of sp³-hybridized carbons (Fsp3) is 0.455. The molecule has 0 bridgehead atoms. The molecule has 0 saturated carbocycles. The Hall–Kier alpha value is -0.430. The highest BCUT2D eigenvalue weighted by molar-refractivity contribution is 9.10. The first-order chi connectivity index (χ1) is 7.93. The summed E-state index contributed by atoms with van der Waals surface area (Å²) in [5.41, 5.74) is 6.50. The molecule has 1 aliphatic heterocycles. The van der Waals surface area contributed by atoms with Gasteiger partial charge in [0, 0.05) is 23.6 Å². The number of rotatable bonds is 2. The number of halogens is 1. The summed E-state index contributed by atoms with van der Waals surface area (Å²) >= 11 is 3.35. The SMILES string of the molecule is Cc1c(Br)cccc1S(=O)(=O)N1CC[C@H](N)C1. The number of nitrogens with zero attached hydrogens (tertiary/aromatic N) is 1. The van der Waals surface area contributed by atoms with E-state index in [0.717, 1.165) is 16.5 Å². The molecule has 1 atom stereocenters. The predicted octanol–water partition coefficient (Wildman–Crippen LogP) is 1.48. The molecule has 1 fully saturated rings. The van der Waals surface area contributed by atoms with Gasteiger partial charge in [-0.25, -0.2) is 8.42 Å². The van der Waals surface area contributed by atoms with Gasteiger partial charge in [-0.05, 0) is 31.0 Å². The van der Waals surface area contributed by atoms with Gasteiger partial charge in [0.15, 0.2) is 0 Å². The average molecular weight is 319 g/mol. The van der Waals surface area contributed by atoms with E-state index in [-0.39, 0.29) is 6.04 Å². The highest BCUT2D eigenvalue weighted by Gasteiger charge is 2.31. The van der Waals surface area contributed by atoms with Crippen molar-refractivity contribution in [2.75, 3.05) is 13.1 Å². The molecule has 1 aromatic carbocycles. The van der Waals surface area contributed by atoms with Crippen molar-refractivity contribution >= 4 is 26.0 Å². The van der Waals surface area contributed by atoms with Gasteiger partial charge in [-0.15, -0.1) is 0 Å². The number of hydrogen-bond acceptors (Lipinski definition) is 3. The Morgan fingerprint density at radius 3 is 2.76 bits per heavy atom. The summed E-state index contributed by atoms with van der Waals surface area (Å²) in [5.74, 6) is 0. The third kappa shape index (κ3) is 2.40. The van der Waals surface area contributed by atoms with Crippen molar-refractivity contribution in [3.63, 3.8) is 0 Å². The highest BCUT2D eigenvalue weighted by atomic mass is 79.9. The second-order valence-corrected chi connectivity index (χ2v) is 7.04. The molecule has 0 unspecified atom stereocenters. The summed E-state index contributed by atoms with van der Waals surface area (Å²) in [6.07, 6.45) is 0.728. The molecule has 94 valence electrons. The monoisotopic (exact) mass is 318 g/mol. The normalized spacial score (nSPS) is 21.9. The zero-order chi connectivity index (χ0) is 12.6. The lowest BCUT2D eigenvalue weighted by atomic mass is 10.2. The largest absolute Gasteiger partial charge is 0.326 e. The molecular weight excluding hydrogens is 304 g/mol. The highest BCUT2D eigenvalue weighted by Crippen LogP contribution is 2.27. The van der Waals surface area contributed by atoms with Crippen LogP contribution in [0.5, 0.6) is 0 Å². The average Bonchev–Trinajstić information content (AvgIpc) is 2.69. The lowest BCUT2D eigenvalue weighted by Gasteiger charge is -2.17. The third-order valence-corrected chi connectivity index (χ3v) is 5.89. The molecule has 1 saturated heterocycles. The Labute approximate surface area is 110 Å². The van der Waals surface area contributed by atoms with Crippen LogP contribution in [0.2, 0.25) is 0 Å². The van der Waals surface area contributed by atoms with Crippen LogP contribution in [0, 0.1) is 6.92 Å². The minimum Gasteiger partial charge on any atom is -0.326 e. The van der Waals surface area contributed by atoms with E-state index in [0.29, 0.717) is 18.0 Å². The molecule has 0 aromatic heterocycles. The molecule has 4 nitrogen and oxygen atoms in total. The maximum atomic E-state index is 12.4. The van der Waals surface area contributed by atoms with Gasteiger partial charge in [-0.2, -0.15) is 4.31 Å². The molecule has 0 aliphatic carbocycles. The van der Waals surface area contributed by atoms with Crippen LogP contribution in [0.3, 0.4) is 0 Å². The van der Waals surface area contributed by atoms with Crippen molar-refractivity contribution < 1.29 is 8.42 Å². The van der Waals surface area contributed by atoms with Gasteiger partial charge >= 0.3 is 0 Å². The first-order valence-corrected chi connectivity index (χ1v) is 7.67. The Morgan fingerprint density at radius 2 is 2.18 bits per heavy atom. The summed E-state index contributed by atoms with van der Waals surface area (Å²) in [4.78, 5) is 0.362. The van der Waals surface area contributed by atoms with E-state index >= 15 is 0 Å². The van der Waals surface area contributed by atoms with Crippen LogP contribution in [0.1, 0.15) is 12.0 Å². The first-order valence-electron chi connectivity index (χ1n) is 5.44. The third-order valence-electron chi connectivity index (χ3n) is 3.02. The van der Waals surface area contributed by atoms with Crippen molar-refractivity contribution in [3.8, 4) is 0 Å². The van der Waals surface area contributed by atoms with Crippen LogP contribution in [-0.2, 0) is 10.0 Å². The van der Waals surface area contributed by atoms with Crippen LogP contribution < -0.4 is 5.73 Å². The quantitative estimate of drug-likeness (QED) is 0.898. The minimum atomic E-state index is -3.40. The van der Waals surface area contributed by atoms with E-state index in [2.05, 4.69) is 15.9 Å². The van der Waals surface area contributed by atoms with Gasteiger partial charge in [-0.1, -0.05) is 22.0 Å². The summed E-state index contributed by atoms with van der Waals surface area (Å²) in [7, 11) is -3.40. The van der Waals surface area contributed by atoms with Crippen LogP contribution >= 0.6 is 15.9 Å². The smallest absolute Gasteiger partial charge is 0.243 e. The van der Waals surface area contributed by atoms with Crippen molar-refractivity contribution in [2.45, 2.75) is 24.3 Å². The second kappa shape index (κ2) is 4.68. The van der Waals surface area contributed by atoms with Crippen LogP contribution in [0.25, 0.3) is 0 Å². The van der Waals surface area contributed by atoms with E-state index in [4.69, 9.17) is 5.73 Å². The molecule has 1 heterocycles. The number of nitrogens with two attached hydrogens (primary N) is 1. The molecule has 17 heavy (non-hydrogen) atoms. The molecule has 2 rings (SSSR count). The Morgan fingerprint density at radius 1 is 1.47 bits per heavy atom. The second-order valence-electron chi connectivity index (χ2n) is 4.27. The summed E-state index contributed by atoms with van der Waals surface area (Å²) in [5, 5.41) is 0. The van der Waals surface area contributed by atoms with Crippen molar-refractivity contribution in [2.24, 2.45) is 5.73 Å². The lowest BCUT2D eigenvalue weighted by molar-refractivity contribution is 0.472. The number of hydrogen-bond donors (Lipinski definition) is 1. The fourth-order valence-electron chi connectivity index (χ4n) is 1.98. The number of sulfonamides is 1. The van der Waals surface area contributed by atoms with Crippen molar-refractivity contribution in [1.29, 1.82) is 0 Å². The maximum Gasteiger partial charge on any atom is 0.243 e. The molecule has 0 spiro atoms. The fourth-order valence-corrected chi connectivity index (χ4v) is 4.23. The van der Waals surface area contributed by atoms with Crippen molar-refractivity contribution in [3.05, 3.63) is 28.2 Å². The van der Waals surface area contributed by atoms with Gasteiger partial charge in [0.2, 0.25) is 10.0 Å². The molecular formula is C11H15BrN2O2S. The van der Waals surface area contributed by atoms with Gasteiger partial charge < -0.3 is 5.73 Å². The molecule has 0 amide bonds. The van der Waals surface area contributed by atoms with Crippen LogP contribution in [0.15, 0.2) is 27.6 Å². The molecule has 0 radical (unpaired) electrons. The van der Waals surface area contributed by atoms with Crippen LogP contribution in [0.4, 0.5) is 0 Å². The first kappa shape index (κ1) is 13.0. The van der Waals surface area contributed by atoms with E-state index in [1.807, 2.05) is 6.07 Å². The molecule has 1 aromatic rings. The van der Waals surface area contributed by atoms with Gasteiger partial charge in [0.05, 0.1) is 4.90 Å². The summed E-state index contributed by atoms with van der Waals surface area (Å²) in [6.45, 7) is 2.72. The van der Waals surface area contributed by atoms with Gasteiger partial charge in [0.25, 0.3) is 0 Å². The predicted molar refractivity (Wildman–Crippen MR) is 70.2 cm³/mol. The molecule has 6 heteroatoms. The summed E-state index contributed by atoms with van der Waals surface area (Å²) in [6, 6.07) is 5.17. The van der Waals surface area contributed by atoms with Crippen LogP contribution in [-0.4, -0.2) is 31.9 Å². The van der Waals surface area contributed by atoms with E-state index in [9.17, 15) is 8.42 Å². The molecule has 1 aliphatic rings. The Bertz CT molecular complexity index is 530. The zero-order valence-corrected chi connectivity index (χ0v) is 12.0. The van der Waals surface area contributed by atoms with Gasteiger partial charge in [-0.3, -0.25) is 0 Å². The lowest BCUT2D eigenvalue weighted by Crippen LogP contribution is -2.32. The van der Waals surface area contributed by atoms with E-state index in [1.54, 1.807) is 19.1 Å². The van der Waals surface area contributed by atoms with Gasteiger partial charge in [0.1, 0.15) is 0 Å². The molecule has 2 N–H and O–H groups in total. The standard InChI is InChI=1S/C11H15BrN2O2S/c1-8-10(12)3-2-4-11(8)17(15,16)14-6-5-9(13)7-14/h2-4,9H,5-7,13H2,1H3/t9-/m0/s1. The van der Waals surface area contributed by atoms with E-state index < -0.39 is 10.0 Å². The maximum absolute atomic E-state index is 12.4. The minimum absolute atomic E-state index is 0.0442.